The van der Waals surface area contributed by atoms with Gasteiger partial charge >= 0.3 is 0 Å². The summed E-state index contributed by atoms with van der Waals surface area (Å²) in [5, 5.41) is 0. The van der Waals surface area contributed by atoms with E-state index in [2.05, 4.69) is 0 Å². The van der Waals surface area contributed by atoms with Gasteiger partial charge in [0.1, 0.15) is 0 Å². The van der Waals surface area contributed by atoms with Gasteiger partial charge in [0.15, 0.2) is 0 Å². The molecule has 0 aliphatic heterocycles. The minimum absolute atomic E-state index is 0.206. The Morgan fingerprint density at radius 1 is 1.67 bits per heavy atom. The van der Waals surface area contributed by atoms with Crippen LogP contribution in [0.4, 0.5) is 0 Å². The number of hydrogen-bond acceptors (Lipinski definition) is 0. The van der Waals surface area contributed by atoms with Gasteiger partial charge in [-0.1, -0.05) is 36.7 Å². The topological polar surface area (TPSA) is 0 Å². The van der Waals surface area contributed by atoms with Gasteiger partial charge in [0, 0.05) is 6.85 Å². The first-order chi connectivity index (χ1) is 6.25. The van der Waals surface area contributed by atoms with E-state index >= 15 is 0 Å². The minimum Gasteiger partial charge on any atom is -0.0617 e. The molecular formula is C9H12. The molecule has 0 heterocycles. The van der Waals surface area contributed by atoms with E-state index in [0.29, 0.717) is 0 Å². The Morgan fingerprint density at radius 2 is 2.56 bits per heavy atom. The molecule has 0 amide bonds. The number of aryl methyl sites for hydroxylation is 2. The van der Waals surface area contributed by atoms with Crippen molar-refractivity contribution in [1.29, 1.82) is 0 Å². The van der Waals surface area contributed by atoms with E-state index in [9.17, 15) is 0 Å². The highest BCUT2D eigenvalue weighted by atomic mass is 13.9. The van der Waals surface area contributed by atoms with E-state index in [1.165, 1.54) is 6.07 Å². The van der Waals surface area contributed by atoms with Gasteiger partial charge in [-0.3, -0.25) is 0 Å². The second-order valence-electron chi connectivity index (χ2n) is 1.99. The SMILES string of the molecule is [2H]C([2H])([2H])C([2H])([2H])c1cccc(C)c1. The Morgan fingerprint density at radius 3 is 3.22 bits per heavy atom. The van der Waals surface area contributed by atoms with Crippen molar-refractivity contribution < 1.29 is 6.85 Å². The summed E-state index contributed by atoms with van der Waals surface area (Å²) < 4.78 is 36.3. The number of rotatable bonds is 1. The quantitative estimate of drug-likeness (QED) is 0.541. The summed E-state index contributed by atoms with van der Waals surface area (Å²) in [5.41, 5.74) is 1.06. The fraction of sp³-hybridized carbons (Fsp3) is 0.333. The Labute approximate surface area is 63.6 Å². The maximum absolute atomic E-state index is 7.52. The normalized spacial score (nSPS) is 20.8. The molecule has 48 valence electrons. The van der Waals surface area contributed by atoms with E-state index in [4.69, 9.17) is 6.85 Å². The lowest BCUT2D eigenvalue weighted by molar-refractivity contribution is 1.13. The Bertz CT molecular complexity index is 326. The summed E-state index contributed by atoms with van der Waals surface area (Å²) in [6, 6.07) is 6.53. The summed E-state index contributed by atoms with van der Waals surface area (Å²) in [6.07, 6.45) is -2.28. The zero-order valence-corrected chi connectivity index (χ0v) is 5.31. The van der Waals surface area contributed by atoms with Crippen LogP contribution < -0.4 is 0 Å². The molecule has 0 bridgehead atoms. The molecule has 0 nitrogen and oxygen atoms in total. The van der Waals surface area contributed by atoms with E-state index in [0.717, 1.165) is 5.56 Å². The molecule has 0 aromatic heterocycles. The third-order valence-corrected chi connectivity index (χ3v) is 1.16. The molecule has 9 heavy (non-hydrogen) atoms. The summed E-state index contributed by atoms with van der Waals surface area (Å²) in [7, 11) is 0. The van der Waals surface area contributed by atoms with Crippen LogP contribution in [0.15, 0.2) is 24.3 Å². The van der Waals surface area contributed by atoms with Gasteiger partial charge in [0.05, 0.1) is 0 Å². The zero-order valence-electron chi connectivity index (χ0n) is 10.3. The van der Waals surface area contributed by atoms with Crippen molar-refractivity contribution in [2.75, 3.05) is 0 Å². The summed E-state index contributed by atoms with van der Waals surface area (Å²) in [5.74, 6) is 0. The molecule has 1 aromatic carbocycles. The van der Waals surface area contributed by atoms with E-state index in [1.807, 2.05) is 0 Å². The van der Waals surface area contributed by atoms with E-state index < -0.39 is 13.2 Å². The van der Waals surface area contributed by atoms with Crippen LogP contribution in [0.2, 0.25) is 0 Å². The lowest BCUT2D eigenvalue weighted by Crippen LogP contribution is -1.78. The molecule has 0 aliphatic rings. The highest BCUT2D eigenvalue weighted by Gasteiger charge is 1.85. The monoisotopic (exact) mass is 125 g/mol. The van der Waals surface area contributed by atoms with Crippen molar-refractivity contribution in [3.05, 3.63) is 35.4 Å². The van der Waals surface area contributed by atoms with Crippen LogP contribution >= 0.6 is 0 Å². The smallest absolute Gasteiger partial charge is 0.0313 e. The number of benzene rings is 1. The van der Waals surface area contributed by atoms with Crippen LogP contribution in [0.3, 0.4) is 0 Å². The Hall–Kier alpha value is -0.780. The maximum atomic E-state index is 7.52. The highest BCUT2D eigenvalue weighted by molar-refractivity contribution is 5.21. The van der Waals surface area contributed by atoms with Gasteiger partial charge in [0.2, 0.25) is 0 Å². The molecule has 0 radical (unpaired) electrons. The van der Waals surface area contributed by atoms with Crippen molar-refractivity contribution in [3.8, 4) is 0 Å². The van der Waals surface area contributed by atoms with Crippen LogP contribution in [0.25, 0.3) is 0 Å². The van der Waals surface area contributed by atoms with Crippen molar-refractivity contribution in [2.24, 2.45) is 0 Å². The second kappa shape index (κ2) is 2.67. The summed E-state index contributed by atoms with van der Waals surface area (Å²) >= 11 is 0. The average Bonchev–Trinajstić information content (AvgIpc) is 2.02. The summed E-state index contributed by atoms with van der Waals surface area (Å²) in [6.45, 7) is -0.820. The van der Waals surface area contributed by atoms with Crippen LogP contribution in [0, 0.1) is 6.92 Å². The molecule has 1 rings (SSSR count). The van der Waals surface area contributed by atoms with Gasteiger partial charge in [-0.05, 0) is 18.9 Å². The molecule has 0 heteroatoms. The first-order valence-electron chi connectivity index (χ1n) is 5.32. The van der Waals surface area contributed by atoms with Crippen LogP contribution in [0.5, 0.6) is 0 Å². The fourth-order valence-corrected chi connectivity index (χ4v) is 0.723. The van der Waals surface area contributed by atoms with E-state index in [-0.39, 0.29) is 5.56 Å². The second-order valence-corrected chi connectivity index (χ2v) is 1.99. The zero-order chi connectivity index (χ0) is 11.0. The predicted octanol–water partition coefficient (Wildman–Crippen LogP) is 2.56. The standard InChI is InChI=1S/C9H12/c1-3-9-6-4-5-8(2)7-9/h4-7H,3H2,1-2H3/i1D3,3D2. The minimum atomic E-state index is -2.62. The molecule has 0 aliphatic carbocycles. The summed E-state index contributed by atoms with van der Waals surface area (Å²) in [4.78, 5) is 0. The third-order valence-electron chi connectivity index (χ3n) is 1.16. The lowest BCUT2D eigenvalue weighted by atomic mass is 10.1. The molecule has 0 saturated heterocycles. The van der Waals surface area contributed by atoms with Crippen molar-refractivity contribution in [3.63, 3.8) is 0 Å². The van der Waals surface area contributed by atoms with Gasteiger partial charge in [-0.2, -0.15) is 0 Å². The first kappa shape index (κ1) is 2.45. The molecule has 0 saturated carbocycles. The Kier molecular flexibility index (Phi) is 0.729. The Balaban J connectivity index is 3.16. The van der Waals surface area contributed by atoms with Crippen molar-refractivity contribution >= 4 is 0 Å². The van der Waals surface area contributed by atoms with Gasteiger partial charge < -0.3 is 0 Å². The van der Waals surface area contributed by atoms with Crippen molar-refractivity contribution in [1.82, 2.24) is 0 Å². The molecule has 0 spiro atoms. The molecule has 0 unspecified atom stereocenters. The van der Waals surface area contributed by atoms with E-state index in [1.54, 1.807) is 25.1 Å². The van der Waals surface area contributed by atoms with Crippen LogP contribution in [-0.4, -0.2) is 0 Å². The molecule has 0 atom stereocenters. The highest BCUT2D eigenvalue weighted by Crippen LogP contribution is 2.03. The van der Waals surface area contributed by atoms with Gasteiger partial charge in [-0.25, -0.2) is 0 Å². The molecule has 0 N–H and O–H groups in total. The molecule has 0 fully saturated rings. The molecular weight excluding hydrogens is 108 g/mol. The van der Waals surface area contributed by atoms with Crippen LogP contribution in [-0.2, 0) is 6.37 Å². The first-order valence-corrected chi connectivity index (χ1v) is 2.82. The maximum Gasteiger partial charge on any atom is 0.0313 e. The average molecular weight is 125 g/mol. The fourth-order valence-electron chi connectivity index (χ4n) is 0.723. The third kappa shape index (κ3) is 1.56. The van der Waals surface area contributed by atoms with Crippen LogP contribution in [0.1, 0.15) is 24.8 Å². The molecule has 1 aromatic rings. The largest absolute Gasteiger partial charge is 0.0617 e. The van der Waals surface area contributed by atoms with Crippen molar-refractivity contribution in [2.45, 2.75) is 20.1 Å². The van der Waals surface area contributed by atoms with Gasteiger partial charge in [-0.15, -0.1) is 0 Å². The number of hydrogen-bond donors (Lipinski definition) is 0. The van der Waals surface area contributed by atoms with Gasteiger partial charge in [0.25, 0.3) is 0 Å². The predicted molar refractivity (Wildman–Crippen MR) is 40.6 cm³/mol. The lowest BCUT2D eigenvalue weighted by Gasteiger charge is -1.95.